The topological polar surface area (TPSA) is 116 Å². The minimum Gasteiger partial charge on any atom is -0.481 e. The summed E-state index contributed by atoms with van der Waals surface area (Å²) < 4.78 is 0. The summed E-state index contributed by atoms with van der Waals surface area (Å²) in [6, 6.07) is 10.9. The Bertz CT molecular complexity index is 883. The molecule has 2 aromatic rings. The van der Waals surface area contributed by atoms with Crippen molar-refractivity contribution in [1.82, 2.24) is 0 Å². The third-order valence-corrected chi connectivity index (χ3v) is 4.12. The summed E-state index contributed by atoms with van der Waals surface area (Å²) in [4.78, 5) is 21.5. The van der Waals surface area contributed by atoms with Crippen molar-refractivity contribution in [1.29, 1.82) is 5.26 Å². The molecule has 0 saturated carbocycles. The van der Waals surface area contributed by atoms with Gasteiger partial charge in [-0.2, -0.15) is 5.26 Å². The Hall–Kier alpha value is -3.40. The molecule has 0 saturated heterocycles. The Kier molecular flexibility index (Phi) is 5.91. The predicted molar refractivity (Wildman–Crippen MR) is 97.6 cm³/mol. The van der Waals surface area contributed by atoms with Gasteiger partial charge in [-0.1, -0.05) is 12.1 Å². The minimum absolute atomic E-state index is 0.113. The summed E-state index contributed by atoms with van der Waals surface area (Å²) in [6.07, 6.45) is 1.33. The second kappa shape index (κ2) is 8.12. The summed E-state index contributed by atoms with van der Waals surface area (Å²) in [7, 11) is 0. The summed E-state index contributed by atoms with van der Waals surface area (Å²) >= 11 is 0. The second-order valence-electron chi connectivity index (χ2n) is 6.03. The van der Waals surface area contributed by atoms with Crippen molar-refractivity contribution in [3.8, 4) is 6.07 Å². The quantitative estimate of drug-likeness (QED) is 0.568. The van der Waals surface area contributed by atoms with Gasteiger partial charge in [-0.25, -0.2) is 0 Å². The number of nitro groups is 1. The molecule has 134 valence electrons. The summed E-state index contributed by atoms with van der Waals surface area (Å²) in [5, 5.41) is 32.4. The van der Waals surface area contributed by atoms with Crippen molar-refractivity contribution in [3.05, 3.63) is 62.7 Å². The molecule has 0 heterocycles. The van der Waals surface area contributed by atoms with Gasteiger partial charge in [0.05, 0.1) is 16.6 Å². The van der Waals surface area contributed by atoms with E-state index >= 15 is 0 Å². The summed E-state index contributed by atoms with van der Waals surface area (Å²) in [5.74, 6) is -0.817. The van der Waals surface area contributed by atoms with E-state index in [-0.39, 0.29) is 12.1 Å². The van der Waals surface area contributed by atoms with Crippen molar-refractivity contribution in [2.45, 2.75) is 33.1 Å². The third kappa shape index (κ3) is 4.36. The first-order valence-corrected chi connectivity index (χ1v) is 8.10. The molecule has 7 heteroatoms. The van der Waals surface area contributed by atoms with Gasteiger partial charge in [-0.05, 0) is 56.0 Å². The molecule has 0 radical (unpaired) electrons. The van der Waals surface area contributed by atoms with Gasteiger partial charge in [0.2, 0.25) is 0 Å². The highest BCUT2D eigenvalue weighted by Gasteiger charge is 2.22. The lowest BCUT2D eigenvalue weighted by molar-refractivity contribution is -0.384. The van der Waals surface area contributed by atoms with Gasteiger partial charge in [-0.3, -0.25) is 14.9 Å². The van der Waals surface area contributed by atoms with Gasteiger partial charge in [0.1, 0.15) is 5.69 Å². The second-order valence-corrected chi connectivity index (χ2v) is 6.03. The number of carbonyl (C=O) groups is 1. The molecule has 0 bridgehead atoms. The lowest BCUT2D eigenvalue weighted by atomic mass is 10.0. The number of nitriles is 1. The largest absolute Gasteiger partial charge is 0.481 e. The van der Waals surface area contributed by atoms with Crippen molar-refractivity contribution in [3.63, 3.8) is 0 Å². The zero-order valence-electron chi connectivity index (χ0n) is 14.6. The molecular formula is C19H19N3O4. The Morgan fingerprint density at radius 3 is 2.50 bits per heavy atom. The van der Waals surface area contributed by atoms with E-state index in [0.29, 0.717) is 40.9 Å². The number of carboxylic acids is 1. The number of nitro benzene ring substituents is 1. The van der Waals surface area contributed by atoms with E-state index in [2.05, 4.69) is 5.32 Å². The van der Waals surface area contributed by atoms with Crippen molar-refractivity contribution in [2.24, 2.45) is 0 Å². The van der Waals surface area contributed by atoms with Crippen LogP contribution in [0.3, 0.4) is 0 Å². The standard InChI is InChI=1S/C19H19N3O4/c1-12-10-17(19(22(25)26)13(2)16(12)11-20)21-15-8-6-14(7-9-15)4-3-5-18(23)24/h6-10,21H,3-5H2,1-2H3,(H,23,24). The highest BCUT2D eigenvalue weighted by molar-refractivity contribution is 5.75. The average Bonchev–Trinajstić information content (AvgIpc) is 2.56. The van der Waals surface area contributed by atoms with Crippen LogP contribution in [0, 0.1) is 35.3 Å². The average molecular weight is 353 g/mol. The van der Waals surface area contributed by atoms with Gasteiger partial charge in [-0.15, -0.1) is 0 Å². The Balaban J connectivity index is 2.24. The molecule has 0 atom stereocenters. The van der Waals surface area contributed by atoms with Crippen LogP contribution in [0.2, 0.25) is 0 Å². The zero-order chi connectivity index (χ0) is 19.3. The van der Waals surface area contributed by atoms with Crippen LogP contribution in [0.4, 0.5) is 17.1 Å². The van der Waals surface area contributed by atoms with E-state index in [1.54, 1.807) is 32.0 Å². The van der Waals surface area contributed by atoms with Crippen LogP contribution in [-0.4, -0.2) is 16.0 Å². The fourth-order valence-corrected chi connectivity index (χ4v) is 2.83. The molecule has 2 N–H and O–H groups in total. The number of nitrogens with zero attached hydrogens (tertiary/aromatic N) is 2. The number of aliphatic carboxylic acids is 1. The van der Waals surface area contributed by atoms with Gasteiger partial charge >= 0.3 is 5.97 Å². The highest BCUT2D eigenvalue weighted by atomic mass is 16.6. The van der Waals surface area contributed by atoms with Crippen LogP contribution in [0.15, 0.2) is 30.3 Å². The van der Waals surface area contributed by atoms with Gasteiger partial charge < -0.3 is 10.4 Å². The minimum atomic E-state index is -0.817. The lowest BCUT2D eigenvalue weighted by Crippen LogP contribution is -2.03. The van der Waals surface area contributed by atoms with E-state index in [1.165, 1.54) is 0 Å². The maximum Gasteiger partial charge on any atom is 0.303 e. The number of aryl methyl sites for hydroxylation is 2. The normalized spacial score (nSPS) is 10.2. The maximum absolute atomic E-state index is 11.4. The van der Waals surface area contributed by atoms with Crippen molar-refractivity contribution >= 4 is 23.0 Å². The molecular weight excluding hydrogens is 334 g/mol. The third-order valence-electron chi connectivity index (χ3n) is 4.12. The Morgan fingerprint density at radius 1 is 1.31 bits per heavy atom. The number of nitrogens with one attached hydrogen (secondary N) is 1. The van der Waals surface area contributed by atoms with Crippen LogP contribution in [0.1, 0.15) is 35.1 Å². The molecule has 0 spiro atoms. The van der Waals surface area contributed by atoms with Crippen LogP contribution >= 0.6 is 0 Å². The zero-order valence-corrected chi connectivity index (χ0v) is 14.6. The molecule has 2 aromatic carbocycles. The van der Waals surface area contributed by atoms with E-state index in [1.807, 2.05) is 18.2 Å². The lowest BCUT2D eigenvalue weighted by Gasteiger charge is -2.12. The maximum atomic E-state index is 11.4. The van der Waals surface area contributed by atoms with Gasteiger partial charge in [0, 0.05) is 17.7 Å². The molecule has 0 fully saturated rings. The number of anilines is 2. The molecule has 26 heavy (non-hydrogen) atoms. The van der Waals surface area contributed by atoms with Crippen LogP contribution in [0.25, 0.3) is 0 Å². The van der Waals surface area contributed by atoms with E-state index in [4.69, 9.17) is 5.11 Å². The number of hydrogen-bond acceptors (Lipinski definition) is 5. The number of hydrogen-bond donors (Lipinski definition) is 2. The molecule has 2 rings (SSSR count). The number of benzene rings is 2. The molecule has 0 aliphatic rings. The van der Waals surface area contributed by atoms with Gasteiger partial charge in [0.15, 0.2) is 0 Å². The van der Waals surface area contributed by atoms with Crippen LogP contribution < -0.4 is 5.32 Å². The van der Waals surface area contributed by atoms with E-state index in [9.17, 15) is 20.2 Å². The molecule has 0 unspecified atom stereocenters. The predicted octanol–water partition coefficient (Wildman–Crippen LogP) is 4.23. The first-order valence-electron chi connectivity index (χ1n) is 8.10. The fourth-order valence-electron chi connectivity index (χ4n) is 2.83. The Labute approximate surface area is 151 Å². The highest BCUT2D eigenvalue weighted by Crippen LogP contribution is 2.34. The Morgan fingerprint density at radius 2 is 1.96 bits per heavy atom. The smallest absolute Gasteiger partial charge is 0.303 e. The first-order chi connectivity index (χ1) is 12.3. The molecule has 0 aromatic heterocycles. The van der Waals surface area contributed by atoms with Crippen molar-refractivity contribution in [2.75, 3.05) is 5.32 Å². The summed E-state index contributed by atoms with van der Waals surface area (Å²) in [6.45, 7) is 3.31. The SMILES string of the molecule is Cc1cc(Nc2ccc(CCCC(=O)O)cc2)c([N+](=O)[O-])c(C)c1C#N. The number of rotatable bonds is 7. The molecule has 0 amide bonds. The molecule has 0 aliphatic heterocycles. The van der Waals surface area contributed by atoms with Crippen molar-refractivity contribution < 1.29 is 14.8 Å². The van der Waals surface area contributed by atoms with E-state index in [0.717, 1.165) is 5.56 Å². The van der Waals surface area contributed by atoms with Crippen LogP contribution in [0.5, 0.6) is 0 Å². The summed E-state index contributed by atoms with van der Waals surface area (Å²) in [5.41, 5.74) is 3.22. The first kappa shape index (κ1) is 18.9. The fraction of sp³-hybridized carbons (Fsp3) is 0.263. The number of carboxylic acid groups (broad SMARTS) is 1. The van der Waals surface area contributed by atoms with Crippen LogP contribution in [-0.2, 0) is 11.2 Å². The monoisotopic (exact) mass is 353 g/mol. The molecule has 0 aliphatic carbocycles. The van der Waals surface area contributed by atoms with E-state index < -0.39 is 10.9 Å². The van der Waals surface area contributed by atoms with Gasteiger partial charge in [0.25, 0.3) is 5.69 Å². The molecule has 7 nitrogen and oxygen atoms in total.